The van der Waals surface area contributed by atoms with Gasteiger partial charge in [-0.25, -0.2) is 4.98 Å². The Morgan fingerprint density at radius 1 is 1.16 bits per heavy atom. The van der Waals surface area contributed by atoms with Crippen molar-refractivity contribution in [2.45, 2.75) is 66.1 Å². The minimum Gasteiger partial charge on any atom is -0.379 e. The number of benzene rings is 1. The second-order valence-corrected chi connectivity index (χ2v) is 11.3. The summed E-state index contributed by atoms with van der Waals surface area (Å²) in [5.74, 6) is -0.800. The zero-order chi connectivity index (χ0) is 27.7. The Morgan fingerprint density at radius 2 is 1.87 bits per heavy atom. The van der Waals surface area contributed by atoms with Gasteiger partial charge < -0.3 is 25.0 Å². The maximum absolute atomic E-state index is 13.6. The van der Waals surface area contributed by atoms with Gasteiger partial charge in [0.2, 0.25) is 17.7 Å². The Kier molecular flexibility index (Phi) is 10.8. The summed E-state index contributed by atoms with van der Waals surface area (Å²) in [5.41, 5.74) is 4.37. The van der Waals surface area contributed by atoms with Gasteiger partial charge in [-0.1, -0.05) is 45.0 Å². The first kappa shape index (κ1) is 29.7. The maximum Gasteiger partial charge on any atom is 0.246 e. The molecular formula is C28H40N4O5S. The van der Waals surface area contributed by atoms with Crippen LogP contribution in [0, 0.1) is 12.3 Å². The quantitative estimate of drug-likeness (QED) is 0.397. The Morgan fingerprint density at radius 3 is 2.50 bits per heavy atom. The fourth-order valence-corrected chi connectivity index (χ4v) is 5.22. The number of nitrogens with one attached hydrogen (secondary N) is 2. The third kappa shape index (κ3) is 8.09. The minimum atomic E-state index is -0.776. The average Bonchev–Trinajstić information content (AvgIpc) is 3.54. The van der Waals surface area contributed by atoms with Crippen molar-refractivity contribution in [1.82, 2.24) is 20.5 Å². The number of aromatic nitrogens is 1. The van der Waals surface area contributed by atoms with E-state index in [1.54, 1.807) is 16.2 Å². The number of hydrogen-bond donors (Lipinski definition) is 2. The predicted octanol–water partition coefficient (Wildman–Crippen LogP) is 3.31. The fraction of sp³-hybridized carbons (Fsp3) is 0.571. The molecule has 3 rings (SSSR count). The van der Waals surface area contributed by atoms with E-state index in [2.05, 4.69) is 15.6 Å². The van der Waals surface area contributed by atoms with Gasteiger partial charge in [-0.3, -0.25) is 14.4 Å². The van der Waals surface area contributed by atoms with Gasteiger partial charge in [0.05, 0.1) is 29.3 Å². The smallest absolute Gasteiger partial charge is 0.246 e. The van der Waals surface area contributed by atoms with E-state index >= 15 is 0 Å². The number of thiazole rings is 1. The molecule has 1 fully saturated rings. The molecule has 2 aromatic rings. The maximum atomic E-state index is 13.6. The normalized spacial score (nSPS) is 16.3. The van der Waals surface area contributed by atoms with E-state index < -0.39 is 17.5 Å². The van der Waals surface area contributed by atoms with Crippen LogP contribution in [0.15, 0.2) is 29.8 Å². The van der Waals surface area contributed by atoms with Crippen LogP contribution in [0.1, 0.15) is 51.8 Å². The molecule has 1 saturated heterocycles. The highest BCUT2D eigenvalue weighted by molar-refractivity contribution is 7.13. The van der Waals surface area contributed by atoms with Crippen molar-refractivity contribution in [3.05, 3.63) is 41.0 Å². The van der Waals surface area contributed by atoms with Crippen molar-refractivity contribution in [1.29, 1.82) is 0 Å². The Bertz CT molecular complexity index is 1080. The van der Waals surface area contributed by atoms with Crippen molar-refractivity contribution < 1.29 is 23.9 Å². The molecule has 1 aliphatic rings. The van der Waals surface area contributed by atoms with E-state index in [-0.39, 0.29) is 24.3 Å². The molecule has 2 atom stereocenters. The molecule has 208 valence electrons. The Labute approximate surface area is 229 Å². The first-order chi connectivity index (χ1) is 18.1. The fourth-order valence-electron chi connectivity index (χ4n) is 4.41. The van der Waals surface area contributed by atoms with Crippen LogP contribution >= 0.6 is 11.3 Å². The zero-order valence-electron chi connectivity index (χ0n) is 23.0. The highest BCUT2D eigenvalue weighted by Gasteiger charge is 2.41. The van der Waals surface area contributed by atoms with E-state index in [1.807, 2.05) is 64.4 Å². The van der Waals surface area contributed by atoms with Crippen molar-refractivity contribution in [3.8, 4) is 10.4 Å². The lowest BCUT2D eigenvalue weighted by Crippen LogP contribution is -2.58. The predicted molar refractivity (Wildman–Crippen MR) is 148 cm³/mol. The van der Waals surface area contributed by atoms with Crippen LogP contribution in [-0.4, -0.2) is 72.7 Å². The molecule has 0 bridgehead atoms. The Hall–Kier alpha value is -2.82. The molecule has 0 radical (unpaired) electrons. The third-order valence-electron chi connectivity index (χ3n) is 6.49. The first-order valence-corrected chi connectivity index (χ1v) is 14.0. The highest BCUT2D eigenvalue weighted by atomic mass is 32.1. The number of rotatable bonds is 12. The van der Waals surface area contributed by atoms with Crippen LogP contribution in [0.5, 0.6) is 0 Å². The largest absolute Gasteiger partial charge is 0.379 e. The molecule has 0 spiro atoms. The van der Waals surface area contributed by atoms with Crippen molar-refractivity contribution >= 4 is 29.1 Å². The molecule has 0 saturated carbocycles. The van der Waals surface area contributed by atoms with E-state index in [9.17, 15) is 14.4 Å². The molecule has 1 aromatic heterocycles. The lowest BCUT2D eigenvalue weighted by Gasteiger charge is -2.35. The molecule has 38 heavy (non-hydrogen) atoms. The number of amides is 3. The summed E-state index contributed by atoms with van der Waals surface area (Å²) in [6.07, 6.45) is 1.32. The van der Waals surface area contributed by atoms with E-state index in [0.717, 1.165) is 28.1 Å². The average molecular weight is 545 g/mol. The second-order valence-electron chi connectivity index (χ2n) is 10.5. The van der Waals surface area contributed by atoms with Gasteiger partial charge in [0, 0.05) is 19.7 Å². The summed E-state index contributed by atoms with van der Waals surface area (Å²) in [5, 5.41) is 5.82. The molecule has 10 heteroatoms. The molecule has 0 aliphatic carbocycles. The molecule has 1 aliphatic heterocycles. The van der Waals surface area contributed by atoms with E-state index in [4.69, 9.17) is 9.47 Å². The van der Waals surface area contributed by atoms with Gasteiger partial charge in [-0.15, -0.1) is 11.3 Å². The van der Waals surface area contributed by atoms with Crippen molar-refractivity contribution in [2.75, 3.05) is 33.0 Å². The minimum absolute atomic E-state index is 0.155. The van der Waals surface area contributed by atoms with Crippen LogP contribution in [-0.2, 0) is 30.4 Å². The van der Waals surface area contributed by atoms with Gasteiger partial charge in [-0.2, -0.15) is 0 Å². The topological polar surface area (TPSA) is 110 Å². The van der Waals surface area contributed by atoms with Gasteiger partial charge in [0.25, 0.3) is 0 Å². The molecule has 2 N–H and O–H groups in total. The molecule has 1 aromatic carbocycles. The van der Waals surface area contributed by atoms with Gasteiger partial charge >= 0.3 is 0 Å². The number of carbonyl (C=O) groups excluding carboxylic acids is 3. The number of hydrogen-bond acceptors (Lipinski definition) is 7. The number of nitrogens with zero attached hydrogens (tertiary/aromatic N) is 2. The number of carbonyl (C=O) groups is 3. The van der Waals surface area contributed by atoms with Gasteiger partial charge in [0.15, 0.2) is 0 Å². The summed E-state index contributed by atoms with van der Waals surface area (Å²) in [6, 6.07) is 6.71. The SMILES string of the molecule is CCOCCOCC(=O)N[C@H](C(=O)N1CCC[C@H]1C(=O)NCc1ccc(-c2scnc2C)cc1)C(C)(C)C. The van der Waals surface area contributed by atoms with Crippen LogP contribution < -0.4 is 10.6 Å². The number of ether oxygens (including phenoxy) is 2. The van der Waals surface area contributed by atoms with Crippen molar-refractivity contribution in [2.24, 2.45) is 5.41 Å². The summed E-state index contributed by atoms with van der Waals surface area (Å²) in [4.78, 5) is 46.3. The van der Waals surface area contributed by atoms with Gasteiger partial charge in [0.1, 0.15) is 18.7 Å². The number of aryl methyl sites for hydroxylation is 1. The summed E-state index contributed by atoms with van der Waals surface area (Å²) < 4.78 is 10.6. The van der Waals surface area contributed by atoms with Crippen LogP contribution in [0.4, 0.5) is 0 Å². The third-order valence-corrected chi connectivity index (χ3v) is 7.47. The lowest BCUT2D eigenvalue weighted by atomic mass is 9.85. The van der Waals surface area contributed by atoms with E-state index in [0.29, 0.717) is 39.3 Å². The zero-order valence-corrected chi connectivity index (χ0v) is 23.9. The molecule has 0 unspecified atom stereocenters. The van der Waals surface area contributed by atoms with Crippen LogP contribution in [0.3, 0.4) is 0 Å². The standard InChI is InChI=1S/C28H40N4O5S/c1-6-36-14-15-37-17-23(33)31-25(28(3,4)5)27(35)32-13-7-8-22(32)26(34)29-16-20-9-11-21(12-10-20)24-19(2)30-18-38-24/h9-12,18,22,25H,6-8,13-17H2,1-5H3,(H,29,34)(H,31,33)/t22-,25+/m0/s1. The summed E-state index contributed by atoms with van der Waals surface area (Å²) in [7, 11) is 0. The molecule has 3 amide bonds. The van der Waals surface area contributed by atoms with Crippen molar-refractivity contribution in [3.63, 3.8) is 0 Å². The van der Waals surface area contributed by atoms with Crippen LogP contribution in [0.25, 0.3) is 10.4 Å². The number of likely N-dealkylation sites (tertiary alicyclic amines) is 1. The monoisotopic (exact) mass is 544 g/mol. The molecular weight excluding hydrogens is 504 g/mol. The summed E-state index contributed by atoms with van der Waals surface area (Å²) >= 11 is 1.60. The van der Waals surface area contributed by atoms with Crippen LogP contribution in [0.2, 0.25) is 0 Å². The van der Waals surface area contributed by atoms with E-state index in [1.165, 1.54) is 0 Å². The second kappa shape index (κ2) is 13.8. The molecule has 2 heterocycles. The lowest BCUT2D eigenvalue weighted by molar-refractivity contribution is -0.144. The molecule has 9 nitrogen and oxygen atoms in total. The van der Waals surface area contributed by atoms with Gasteiger partial charge in [-0.05, 0) is 43.2 Å². The summed E-state index contributed by atoms with van der Waals surface area (Å²) in [6.45, 7) is 11.6. The first-order valence-electron chi connectivity index (χ1n) is 13.1. The Balaban J connectivity index is 1.57. The highest BCUT2D eigenvalue weighted by Crippen LogP contribution is 2.28.